The number of aromatic nitrogens is 3. The van der Waals surface area contributed by atoms with Gasteiger partial charge in [-0.3, -0.25) is 4.90 Å². The molecule has 3 rings (SSSR count). The molecule has 1 atom stereocenters. The minimum absolute atomic E-state index is 0.256. The summed E-state index contributed by atoms with van der Waals surface area (Å²) in [5.74, 6) is 2.64. The second kappa shape index (κ2) is 8.05. The van der Waals surface area contributed by atoms with Gasteiger partial charge in [0.2, 0.25) is 0 Å². The summed E-state index contributed by atoms with van der Waals surface area (Å²) in [6, 6.07) is 6.23. The van der Waals surface area contributed by atoms with Crippen molar-refractivity contribution in [3.63, 3.8) is 0 Å². The quantitative estimate of drug-likeness (QED) is 0.546. The largest absolute Gasteiger partial charge is 0.497 e. The van der Waals surface area contributed by atoms with Gasteiger partial charge in [-0.25, -0.2) is 4.68 Å². The maximum Gasteiger partial charge on any atom is 0.199 e. The average Bonchev–Trinajstić information content (AvgIpc) is 3.21. The van der Waals surface area contributed by atoms with Gasteiger partial charge in [-0.2, -0.15) is 5.10 Å². The zero-order valence-corrected chi connectivity index (χ0v) is 16.5. The van der Waals surface area contributed by atoms with Crippen LogP contribution < -0.4 is 9.47 Å². The SMILES string of the molecule is C=CCn1c(C)nn(CN2CCC[C@@H]2c2cc(OC)ccc2OC)c1=S. The van der Waals surface area contributed by atoms with Crippen LogP contribution in [0.15, 0.2) is 30.9 Å². The smallest absolute Gasteiger partial charge is 0.199 e. The van der Waals surface area contributed by atoms with Gasteiger partial charge in [-0.15, -0.1) is 6.58 Å². The molecular formula is C19H26N4O2S. The summed E-state index contributed by atoms with van der Waals surface area (Å²) in [6.07, 6.45) is 4.04. The van der Waals surface area contributed by atoms with Crippen LogP contribution in [0.1, 0.15) is 30.3 Å². The van der Waals surface area contributed by atoms with E-state index in [1.807, 2.05) is 34.4 Å². The maximum absolute atomic E-state index is 5.60. The summed E-state index contributed by atoms with van der Waals surface area (Å²) in [7, 11) is 3.40. The van der Waals surface area contributed by atoms with Crippen molar-refractivity contribution in [3.05, 3.63) is 47.0 Å². The molecular weight excluding hydrogens is 348 g/mol. The molecule has 0 saturated carbocycles. The summed E-state index contributed by atoms with van der Waals surface area (Å²) in [5, 5.41) is 4.63. The zero-order valence-electron chi connectivity index (χ0n) is 15.6. The highest BCUT2D eigenvalue weighted by Crippen LogP contribution is 2.39. The van der Waals surface area contributed by atoms with E-state index in [4.69, 9.17) is 21.7 Å². The van der Waals surface area contributed by atoms with E-state index in [9.17, 15) is 0 Å². The fourth-order valence-electron chi connectivity index (χ4n) is 3.60. The molecule has 0 N–H and O–H groups in total. The molecule has 26 heavy (non-hydrogen) atoms. The molecule has 0 amide bonds. The molecule has 1 fully saturated rings. The number of hydrogen-bond acceptors (Lipinski definition) is 5. The predicted octanol–water partition coefficient (Wildman–Crippen LogP) is 3.72. The lowest BCUT2D eigenvalue weighted by atomic mass is 10.0. The Hall–Kier alpha value is -2.12. The van der Waals surface area contributed by atoms with E-state index in [-0.39, 0.29) is 6.04 Å². The Labute approximate surface area is 159 Å². The fraction of sp³-hybridized carbons (Fsp3) is 0.474. The number of allylic oxidation sites excluding steroid dienone is 1. The van der Waals surface area contributed by atoms with Crippen molar-refractivity contribution in [1.82, 2.24) is 19.2 Å². The molecule has 0 radical (unpaired) electrons. The molecule has 0 spiro atoms. The number of nitrogens with zero attached hydrogens (tertiary/aromatic N) is 4. The fourth-order valence-corrected chi connectivity index (χ4v) is 3.91. The second-order valence-electron chi connectivity index (χ2n) is 6.45. The summed E-state index contributed by atoms with van der Waals surface area (Å²) in [6.45, 7) is 8.11. The molecule has 2 heterocycles. The first kappa shape index (κ1) is 18.7. The third-order valence-corrected chi connectivity index (χ3v) is 5.33. The van der Waals surface area contributed by atoms with Crippen LogP contribution in [0.2, 0.25) is 0 Å². The molecule has 1 saturated heterocycles. The van der Waals surface area contributed by atoms with Crippen molar-refractivity contribution in [2.75, 3.05) is 20.8 Å². The van der Waals surface area contributed by atoms with Crippen LogP contribution in [0.25, 0.3) is 0 Å². The lowest BCUT2D eigenvalue weighted by molar-refractivity contribution is 0.186. The van der Waals surface area contributed by atoms with Crippen LogP contribution in [-0.2, 0) is 13.2 Å². The van der Waals surface area contributed by atoms with Crippen LogP contribution >= 0.6 is 12.2 Å². The van der Waals surface area contributed by atoms with Gasteiger partial charge >= 0.3 is 0 Å². The highest BCUT2D eigenvalue weighted by Gasteiger charge is 2.29. The minimum atomic E-state index is 0.256. The molecule has 1 aromatic carbocycles. The number of benzene rings is 1. The molecule has 0 aliphatic carbocycles. The Balaban J connectivity index is 1.89. The molecule has 0 bridgehead atoms. The van der Waals surface area contributed by atoms with Crippen molar-refractivity contribution >= 4 is 12.2 Å². The summed E-state index contributed by atoms with van der Waals surface area (Å²) >= 11 is 5.60. The van der Waals surface area contributed by atoms with Gasteiger partial charge in [0.05, 0.1) is 20.9 Å². The van der Waals surface area contributed by atoms with Crippen molar-refractivity contribution in [2.45, 2.75) is 39.0 Å². The Morgan fingerprint density at radius 2 is 2.15 bits per heavy atom. The molecule has 1 aromatic heterocycles. The van der Waals surface area contributed by atoms with Gasteiger partial charge in [-0.1, -0.05) is 6.08 Å². The van der Waals surface area contributed by atoms with Crippen molar-refractivity contribution in [2.24, 2.45) is 0 Å². The number of methoxy groups -OCH3 is 2. The Morgan fingerprint density at radius 1 is 1.35 bits per heavy atom. The van der Waals surface area contributed by atoms with E-state index in [2.05, 4.69) is 22.6 Å². The highest BCUT2D eigenvalue weighted by atomic mass is 32.1. The zero-order chi connectivity index (χ0) is 18.7. The van der Waals surface area contributed by atoms with Gasteiger partial charge in [0.15, 0.2) is 4.77 Å². The summed E-state index contributed by atoms with van der Waals surface area (Å²) in [5.41, 5.74) is 1.15. The van der Waals surface area contributed by atoms with Crippen LogP contribution in [0.5, 0.6) is 11.5 Å². The van der Waals surface area contributed by atoms with E-state index in [0.717, 1.165) is 47.0 Å². The predicted molar refractivity (Wildman–Crippen MR) is 104 cm³/mol. The monoisotopic (exact) mass is 374 g/mol. The number of aryl methyl sites for hydroxylation is 1. The molecule has 2 aromatic rings. The third kappa shape index (κ3) is 3.54. The van der Waals surface area contributed by atoms with Crippen molar-refractivity contribution in [3.8, 4) is 11.5 Å². The molecule has 1 aliphatic rings. The molecule has 6 nitrogen and oxygen atoms in total. The number of likely N-dealkylation sites (tertiary alicyclic amines) is 1. The van der Waals surface area contributed by atoms with Gasteiger partial charge in [0.25, 0.3) is 0 Å². The minimum Gasteiger partial charge on any atom is -0.497 e. The molecule has 1 aliphatic heterocycles. The first-order valence-electron chi connectivity index (χ1n) is 8.80. The van der Waals surface area contributed by atoms with Gasteiger partial charge in [0.1, 0.15) is 17.3 Å². The lowest BCUT2D eigenvalue weighted by Crippen LogP contribution is -2.27. The van der Waals surface area contributed by atoms with E-state index in [0.29, 0.717) is 13.2 Å². The van der Waals surface area contributed by atoms with Gasteiger partial charge in [0, 0.05) is 24.7 Å². The van der Waals surface area contributed by atoms with E-state index in [1.54, 1.807) is 14.2 Å². The number of ether oxygens (including phenoxy) is 2. The normalized spacial score (nSPS) is 17.4. The number of hydrogen-bond donors (Lipinski definition) is 0. The van der Waals surface area contributed by atoms with Gasteiger partial charge < -0.3 is 14.0 Å². The average molecular weight is 375 g/mol. The van der Waals surface area contributed by atoms with Crippen LogP contribution in [0.4, 0.5) is 0 Å². The summed E-state index contributed by atoms with van der Waals surface area (Å²) in [4.78, 5) is 2.40. The van der Waals surface area contributed by atoms with E-state index >= 15 is 0 Å². The Morgan fingerprint density at radius 3 is 2.85 bits per heavy atom. The highest BCUT2D eigenvalue weighted by molar-refractivity contribution is 7.71. The lowest BCUT2D eigenvalue weighted by Gasteiger charge is -2.26. The second-order valence-corrected chi connectivity index (χ2v) is 6.81. The topological polar surface area (TPSA) is 44.5 Å². The first-order valence-corrected chi connectivity index (χ1v) is 9.21. The van der Waals surface area contributed by atoms with Gasteiger partial charge in [-0.05, 0) is 50.2 Å². The summed E-state index contributed by atoms with van der Waals surface area (Å²) < 4.78 is 15.6. The van der Waals surface area contributed by atoms with Crippen LogP contribution in [0, 0.1) is 11.7 Å². The Bertz CT molecular complexity index is 843. The van der Waals surface area contributed by atoms with Crippen molar-refractivity contribution in [1.29, 1.82) is 0 Å². The van der Waals surface area contributed by atoms with Crippen LogP contribution in [-0.4, -0.2) is 40.0 Å². The molecule has 0 unspecified atom stereocenters. The van der Waals surface area contributed by atoms with E-state index in [1.165, 1.54) is 0 Å². The maximum atomic E-state index is 5.60. The standard InChI is InChI=1S/C19H26N4O2S/c1-5-10-22-14(2)20-23(19(22)26)13-21-11-6-7-17(21)16-12-15(24-3)8-9-18(16)25-4/h5,8-9,12,17H,1,6-7,10-11,13H2,2-4H3/t17-/m1/s1. The first-order chi connectivity index (χ1) is 12.6. The Kier molecular flexibility index (Phi) is 5.78. The molecule has 7 heteroatoms. The van der Waals surface area contributed by atoms with Crippen LogP contribution in [0.3, 0.4) is 0 Å². The molecule has 140 valence electrons. The van der Waals surface area contributed by atoms with E-state index < -0.39 is 0 Å². The third-order valence-electron chi connectivity index (χ3n) is 4.89. The van der Waals surface area contributed by atoms with Crippen molar-refractivity contribution < 1.29 is 9.47 Å². The number of rotatable bonds is 7.